The molecule has 26 heavy (non-hydrogen) atoms. The average Bonchev–Trinajstić information content (AvgIpc) is 3.24. The number of nitrogens with one attached hydrogen (secondary N) is 1. The second-order valence-corrected chi connectivity index (χ2v) is 7.99. The zero-order chi connectivity index (χ0) is 17.8. The Morgan fingerprint density at radius 1 is 0.808 bits per heavy atom. The van der Waals surface area contributed by atoms with E-state index in [2.05, 4.69) is 15.2 Å². The van der Waals surface area contributed by atoms with Gasteiger partial charge in [-0.1, -0.05) is 48.5 Å². The number of hydrogen-bond acceptors (Lipinski definition) is 4. The van der Waals surface area contributed by atoms with E-state index in [9.17, 15) is 4.57 Å². The molecule has 4 aromatic rings. The van der Waals surface area contributed by atoms with E-state index in [1.54, 1.807) is 12.1 Å². The number of aromatic nitrogens is 3. The molecule has 128 valence electrons. The number of benzene rings is 3. The summed E-state index contributed by atoms with van der Waals surface area (Å²) >= 11 is 0. The lowest BCUT2D eigenvalue weighted by Crippen LogP contribution is -2.20. The topological polar surface area (TPSA) is 67.9 Å². The second-order valence-electron chi connectivity index (χ2n) is 5.68. The van der Waals surface area contributed by atoms with Gasteiger partial charge >= 0.3 is 7.37 Å². The molecule has 0 atom stereocenters. The van der Waals surface area contributed by atoms with Gasteiger partial charge in [0, 0.05) is 5.56 Å². The van der Waals surface area contributed by atoms with Crippen LogP contribution in [0.15, 0.2) is 91.3 Å². The normalized spacial score (nSPS) is 11.2. The van der Waals surface area contributed by atoms with Gasteiger partial charge < -0.3 is 4.52 Å². The SMILES string of the molecule is O=P(Oc1cccc(-c2ncn[nH]2)c1)(c1ccccc1)c1ccccc1. The van der Waals surface area contributed by atoms with Crippen LogP contribution < -0.4 is 15.1 Å². The fraction of sp³-hybridized carbons (Fsp3) is 0. The summed E-state index contributed by atoms with van der Waals surface area (Å²) in [6.07, 6.45) is 1.45. The van der Waals surface area contributed by atoms with E-state index >= 15 is 0 Å². The van der Waals surface area contributed by atoms with Gasteiger partial charge in [0.25, 0.3) is 0 Å². The van der Waals surface area contributed by atoms with Crippen LogP contribution >= 0.6 is 7.37 Å². The van der Waals surface area contributed by atoms with E-state index in [1.165, 1.54) is 6.33 Å². The Balaban J connectivity index is 1.77. The first kappa shape index (κ1) is 16.3. The molecule has 3 aromatic carbocycles. The molecule has 1 N–H and O–H groups in total. The van der Waals surface area contributed by atoms with Gasteiger partial charge in [0.15, 0.2) is 5.82 Å². The summed E-state index contributed by atoms with van der Waals surface area (Å²) in [6.45, 7) is 0. The van der Waals surface area contributed by atoms with Crippen LogP contribution in [0.25, 0.3) is 11.4 Å². The Morgan fingerprint density at radius 2 is 1.46 bits per heavy atom. The van der Waals surface area contributed by atoms with Crippen LogP contribution in [-0.4, -0.2) is 15.2 Å². The van der Waals surface area contributed by atoms with Gasteiger partial charge in [-0.2, -0.15) is 5.10 Å². The Morgan fingerprint density at radius 3 is 2.04 bits per heavy atom. The maximum atomic E-state index is 13.9. The molecule has 4 rings (SSSR count). The lowest BCUT2D eigenvalue weighted by Gasteiger charge is -2.20. The van der Waals surface area contributed by atoms with E-state index < -0.39 is 7.37 Å². The van der Waals surface area contributed by atoms with Crippen LogP contribution in [0.2, 0.25) is 0 Å². The Labute approximate surface area is 151 Å². The molecule has 0 aliphatic heterocycles. The van der Waals surface area contributed by atoms with E-state index in [0.29, 0.717) is 22.2 Å². The van der Waals surface area contributed by atoms with Crippen molar-refractivity contribution in [2.75, 3.05) is 0 Å². The van der Waals surface area contributed by atoms with E-state index in [4.69, 9.17) is 4.52 Å². The van der Waals surface area contributed by atoms with Crippen LogP contribution in [-0.2, 0) is 4.57 Å². The Kier molecular flexibility index (Phi) is 4.38. The van der Waals surface area contributed by atoms with Crippen LogP contribution in [0.5, 0.6) is 5.75 Å². The number of hydrogen-bond donors (Lipinski definition) is 1. The Hall–Kier alpha value is -3.17. The lowest BCUT2D eigenvalue weighted by molar-refractivity contribution is 0.503. The van der Waals surface area contributed by atoms with Crippen molar-refractivity contribution in [1.29, 1.82) is 0 Å². The van der Waals surface area contributed by atoms with E-state index in [1.807, 2.05) is 72.8 Å². The van der Waals surface area contributed by atoms with Gasteiger partial charge in [-0.3, -0.25) is 9.66 Å². The van der Waals surface area contributed by atoms with Crippen LogP contribution in [0.3, 0.4) is 0 Å². The molecule has 0 aliphatic rings. The zero-order valence-corrected chi connectivity index (χ0v) is 14.7. The first-order valence-corrected chi connectivity index (χ1v) is 9.75. The fourth-order valence-corrected chi connectivity index (χ4v) is 4.74. The molecule has 0 fully saturated rings. The maximum absolute atomic E-state index is 13.9. The third kappa shape index (κ3) is 3.17. The van der Waals surface area contributed by atoms with Gasteiger partial charge in [-0.25, -0.2) is 4.98 Å². The highest BCUT2D eigenvalue weighted by Crippen LogP contribution is 2.45. The average molecular weight is 361 g/mol. The standard InChI is InChI=1S/C20H16N3O2P/c24-26(18-10-3-1-4-11-18,19-12-5-2-6-13-19)25-17-9-7-8-16(14-17)20-21-15-22-23-20/h1-15H,(H,21,22,23). The largest absolute Gasteiger partial charge is 0.437 e. The van der Waals surface area contributed by atoms with Gasteiger partial charge in [0.2, 0.25) is 0 Å². The predicted octanol–water partition coefficient (Wildman–Crippen LogP) is 3.78. The maximum Gasteiger partial charge on any atom is 0.306 e. The zero-order valence-electron chi connectivity index (χ0n) is 13.8. The highest BCUT2D eigenvalue weighted by atomic mass is 31.2. The van der Waals surface area contributed by atoms with Crippen molar-refractivity contribution < 1.29 is 9.09 Å². The molecule has 0 saturated heterocycles. The summed E-state index contributed by atoms with van der Waals surface area (Å²) < 4.78 is 20.0. The monoisotopic (exact) mass is 361 g/mol. The summed E-state index contributed by atoms with van der Waals surface area (Å²) in [5.41, 5.74) is 0.813. The van der Waals surface area contributed by atoms with Crippen molar-refractivity contribution >= 4 is 18.0 Å². The van der Waals surface area contributed by atoms with Crippen molar-refractivity contribution in [3.8, 4) is 17.1 Å². The molecule has 0 bridgehead atoms. The van der Waals surface area contributed by atoms with Crippen molar-refractivity contribution in [2.24, 2.45) is 0 Å². The minimum atomic E-state index is -3.29. The smallest absolute Gasteiger partial charge is 0.306 e. The highest BCUT2D eigenvalue weighted by molar-refractivity contribution is 7.74. The fourth-order valence-electron chi connectivity index (χ4n) is 2.70. The predicted molar refractivity (Wildman–Crippen MR) is 102 cm³/mol. The van der Waals surface area contributed by atoms with Crippen molar-refractivity contribution in [1.82, 2.24) is 15.2 Å². The Bertz CT molecular complexity index is 992. The molecule has 0 spiro atoms. The first-order valence-electron chi connectivity index (χ1n) is 8.12. The van der Waals surface area contributed by atoms with Crippen LogP contribution in [0, 0.1) is 0 Å². The molecule has 1 heterocycles. The molecule has 0 radical (unpaired) electrons. The number of rotatable bonds is 5. The van der Waals surface area contributed by atoms with Crippen LogP contribution in [0.4, 0.5) is 0 Å². The van der Waals surface area contributed by atoms with Crippen molar-refractivity contribution in [3.05, 3.63) is 91.3 Å². The summed E-state index contributed by atoms with van der Waals surface area (Å²) in [7, 11) is -3.29. The summed E-state index contributed by atoms with van der Waals surface area (Å²) in [5.74, 6) is 1.14. The minimum absolute atomic E-state index is 0.509. The molecule has 0 aliphatic carbocycles. The van der Waals surface area contributed by atoms with Crippen LogP contribution in [0.1, 0.15) is 0 Å². The highest BCUT2D eigenvalue weighted by Gasteiger charge is 2.30. The van der Waals surface area contributed by atoms with Crippen molar-refractivity contribution in [3.63, 3.8) is 0 Å². The van der Waals surface area contributed by atoms with Gasteiger partial charge in [0.1, 0.15) is 12.1 Å². The molecular formula is C20H16N3O2P. The van der Waals surface area contributed by atoms with E-state index in [-0.39, 0.29) is 0 Å². The quantitative estimate of drug-likeness (QED) is 0.549. The summed E-state index contributed by atoms with van der Waals surface area (Å²) in [6, 6.07) is 25.9. The minimum Gasteiger partial charge on any atom is -0.437 e. The first-order chi connectivity index (χ1) is 12.8. The number of H-pyrrole nitrogens is 1. The molecule has 6 heteroatoms. The van der Waals surface area contributed by atoms with E-state index in [0.717, 1.165) is 5.56 Å². The van der Waals surface area contributed by atoms with Gasteiger partial charge in [-0.15, -0.1) is 0 Å². The van der Waals surface area contributed by atoms with Gasteiger partial charge in [0.05, 0.1) is 10.6 Å². The molecule has 1 aromatic heterocycles. The molecule has 5 nitrogen and oxygen atoms in total. The van der Waals surface area contributed by atoms with Gasteiger partial charge in [-0.05, 0) is 36.4 Å². The lowest BCUT2D eigenvalue weighted by atomic mass is 10.2. The molecule has 0 amide bonds. The van der Waals surface area contributed by atoms with Crippen molar-refractivity contribution in [2.45, 2.75) is 0 Å². The molecule has 0 saturated carbocycles. The number of aromatic amines is 1. The second kappa shape index (κ2) is 6.98. The third-order valence-corrected chi connectivity index (χ3v) is 6.37. The molecule has 0 unspecified atom stereocenters. The third-order valence-electron chi connectivity index (χ3n) is 3.95. The molecular weight excluding hydrogens is 345 g/mol. The summed E-state index contributed by atoms with van der Waals surface area (Å²) in [5, 5.41) is 7.99. The number of nitrogens with zero attached hydrogens (tertiary/aromatic N) is 2. The summed E-state index contributed by atoms with van der Waals surface area (Å²) in [4.78, 5) is 4.15.